The molecule has 0 bridgehead atoms. The third kappa shape index (κ3) is 22.4. The fourth-order valence-electron chi connectivity index (χ4n) is 0.472. The summed E-state index contributed by atoms with van der Waals surface area (Å²) < 4.78 is 4.98. The molecule has 1 saturated heterocycles. The van der Waals surface area contributed by atoms with E-state index in [0.29, 0.717) is 0 Å². The Morgan fingerprint density at radius 1 is 1.17 bits per heavy atom. The molecule has 4 heteroatoms. The fourth-order valence-corrected chi connectivity index (χ4v) is 0.472. The van der Waals surface area contributed by atoms with Crippen LogP contribution in [0.3, 0.4) is 0 Å². The van der Waals surface area contributed by atoms with Crippen LogP contribution in [0.25, 0.3) is 5.32 Å². The second-order valence-corrected chi connectivity index (χ2v) is 7.78. The molecular weight excluding hydrogens is 202 g/mol. The first-order chi connectivity index (χ1) is 5.00. The van der Waals surface area contributed by atoms with Gasteiger partial charge in [0.2, 0.25) is 0 Å². The zero-order valence-corrected chi connectivity index (χ0v) is 10.7. The predicted molar refractivity (Wildman–Crippen MR) is 52.1 cm³/mol. The zero-order chi connectivity index (χ0) is 8.74. The molecule has 1 fully saturated rings. The van der Waals surface area contributed by atoms with Gasteiger partial charge in [-0.15, -0.1) is 26.2 Å². The van der Waals surface area contributed by atoms with Crippen molar-refractivity contribution < 1.29 is 26.5 Å². The molecule has 1 radical (unpaired) electrons. The summed E-state index contributed by atoms with van der Waals surface area (Å²) in [7, 11) is -1.11. The van der Waals surface area contributed by atoms with Gasteiger partial charge in [0.15, 0.2) is 0 Å². The van der Waals surface area contributed by atoms with Crippen LogP contribution in [0, 0.1) is 13.1 Å². The van der Waals surface area contributed by atoms with Crippen LogP contribution >= 0.6 is 0 Å². The van der Waals surface area contributed by atoms with E-state index in [4.69, 9.17) is 4.74 Å². The third-order valence-corrected chi connectivity index (χ3v) is 0.787. The van der Waals surface area contributed by atoms with Crippen LogP contribution < -0.4 is 0 Å². The van der Waals surface area contributed by atoms with E-state index in [1.807, 2.05) is 0 Å². The van der Waals surface area contributed by atoms with Crippen LogP contribution in [-0.4, -0.2) is 34.4 Å². The van der Waals surface area contributed by atoms with Crippen molar-refractivity contribution in [3.8, 4) is 0 Å². The normalized spacial score (nSPS) is 17.0. The third-order valence-electron chi connectivity index (χ3n) is 0.787. The van der Waals surface area contributed by atoms with E-state index in [0.717, 1.165) is 26.3 Å². The minimum absolute atomic E-state index is 0. The Morgan fingerprint density at radius 2 is 1.50 bits per heavy atom. The number of hydrogen-bond acceptors (Lipinski definition) is 1. The number of ether oxygens (including phenoxy) is 1. The first-order valence-corrected chi connectivity index (χ1v) is 7.33. The maximum absolute atomic E-state index is 4.98. The molecule has 69 valence electrons. The smallest absolute Gasteiger partial charge is 0.659 e. The summed E-state index contributed by atoms with van der Waals surface area (Å²) in [6.45, 7) is 15.3. The molecule has 0 aromatic rings. The van der Waals surface area contributed by atoms with Gasteiger partial charge in [-0.2, -0.15) is 0 Å². The van der Waals surface area contributed by atoms with E-state index in [1.54, 1.807) is 0 Å². The molecule has 1 heterocycles. The Labute approximate surface area is 92.3 Å². The Bertz CT molecular complexity index is 74.0. The summed E-state index contributed by atoms with van der Waals surface area (Å²) in [4.78, 5) is 0. The van der Waals surface area contributed by atoms with Gasteiger partial charge in [0.05, 0.1) is 0 Å². The summed E-state index contributed by atoms with van der Waals surface area (Å²) in [6.07, 6.45) is 0. The summed E-state index contributed by atoms with van der Waals surface area (Å²) in [6, 6.07) is 0. The van der Waals surface area contributed by atoms with E-state index in [-0.39, 0.29) is 21.7 Å². The van der Waals surface area contributed by atoms with Crippen LogP contribution in [0.2, 0.25) is 13.1 Å². The molecule has 0 aromatic carbocycles. The van der Waals surface area contributed by atoms with E-state index in [1.165, 1.54) is 0 Å². The van der Waals surface area contributed by atoms with E-state index in [2.05, 4.69) is 31.5 Å². The second-order valence-electron chi connectivity index (χ2n) is 3.45. The Morgan fingerprint density at radius 3 is 1.58 bits per heavy atom. The molecule has 1 rings (SSSR count). The molecule has 0 aliphatic carbocycles. The topological polar surface area (TPSA) is 23.3 Å². The van der Waals surface area contributed by atoms with Gasteiger partial charge in [-0.3, -0.25) is 8.07 Å². The van der Waals surface area contributed by atoms with E-state index >= 15 is 0 Å². The number of morpholine rings is 1. The largest absolute Gasteiger partial charge is 3.00 e. The molecule has 0 saturated carbocycles. The quantitative estimate of drug-likeness (QED) is 0.451. The molecule has 1 aliphatic heterocycles. The van der Waals surface area contributed by atoms with E-state index < -0.39 is 8.07 Å². The molecule has 0 N–H and O–H groups in total. The average molecular weight is 220 g/mol. The Balaban J connectivity index is 0. The first kappa shape index (κ1) is 15.3. The van der Waals surface area contributed by atoms with Gasteiger partial charge in [-0.05, 0) is 0 Å². The summed E-state index contributed by atoms with van der Waals surface area (Å²) in [5.41, 5.74) is 0. The predicted octanol–water partition coefficient (Wildman–Crippen LogP) is 1.83. The molecule has 1 aliphatic rings. The molecule has 12 heavy (non-hydrogen) atoms. The van der Waals surface area contributed by atoms with Gasteiger partial charge in [0, 0.05) is 13.2 Å². The molecular formula is C8H18NOSiTi. The van der Waals surface area contributed by atoms with Crippen LogP contribution in [0.15, 0.2) is 0 Å². The molecule has 0 spiro atoms. The summed E-state index contributed by atoms with van der Waals surface area (Å²) in [5, 5.41) is 4.05. The van der Waals surface area contributed by atoms with Gasteiger partial charge in [0.25, 0.3) is 0 Å². The average Bonchev–Trinajstić information content (AvgIpc) is 1.88. The van der Waals surface area contributed by atoms with Crippen molar-refractivity contribution >= 4 is 8.07 Å². The Hall–Kier alpha value is 0.851. The van der Waals surface area contributed by atoms with Crippen molar-refractivity contribution in [2.75, 3.05) is 26.3 Å². The van der Waals surface area contributed by atoms with Crippen molar-refractivity contribution in [1.82, 2.24) is 0 Å². The minimum atomic E-state index is -1.11. The maximum Gasteiger partial charge on any atom is 3.00 e. The van der Waals surface area contributed by atoms with Gasteiger partial charge in [-0.1, -0.05) is 0 Å². The number of hydrogen-bond donors (Lipinski definition) is 0. The summed E-state index contributed by atoms with van der Waals surface area (Å²) >= 11 is 0. The van der Waals surface area contributed by atoms with Gasteiger partial charge >= 0.3 is 21.7 Å². The van der Waals surface area contributed by atoms with Crippen molar-refractivity contribution in [2.45, 2.75) is 13.1 Å². The molecule has 0 amide bonds. The Kier molecular flexibility index (Phi) is 10.8. The SMILES string of the molecule is C1COCC[N-]1.[CH2-][Si]([CH2-])(C)C.[Ti+3]. The van der Waals surface area contributed by atoms with Crippen LogP contribution in [0.5, 0.6) is 0 Å². The molecule has 2 nitrogen and oxygen atoms in total. The first-order valence-electron chi connectivity index (χ1n) is 3.92. The fraction of sp³-hybridized carbons (Fsp3) is 0.750. The number of nitrogens with zero attached hydrogens (tertiary/aromatic N) is 1. The standard InChI is InChI=1S/C4H8NO.C4H10Si.Ti/c1-3-6-4-2-5-1;1-5(2,3)4;/h1-4H2;1-2H2,3-4H3;/q-1;-2;+3. The van der Waals surface area contributed by atoms with Gasteiger partial charge in [0.1, 0.15) is 0 Å². The van der Waals surface area contributed by atoms with Gasteiger partial charge < -0.3 is 23.1 Å². The number of rotatable bonds is 0. The zero-order valence-electron chi connectivity index (χ0n) is 8.10. The molecule has 0 atom stereocenters. The molecule has 0 unspecified atom stereocenters. The van der Waals surface area contributed by atoms with Crippen molar-refractivity contribution in [3.05, 3.63) is 18.4 Å². The maximum atomic E-state index is 4.98. The van der Waals surface area contributed by atoms with Crippen LogP contribution in [-0.2, 0) is 26.5 Å². The van der Waals surface area contributed by atoms with Crippen molar-refractivity contribution in [1.29, 1.82) is 0 Å². The monoisotopic (exact) mass is 220 g/mol. The molecule has 0 aromatic heterocycles. The minimum Gasteiger partial charge on any atom is -0.659 e. The van der Waals surface area contributed by atoms with Crippen molar-refractivity contribution in [3.63, 3.8) is 0 Å². The van der Waals surface area contributed by atoms with Crippen LogP contribution in [0.4, 0.5) is 0 Å². The summed E-state index contributed by atoms with van der Waals surface area (Å²) in [5.74, 6) is 0. The van der Waals surface area contributed by atoms with Crippen LogP contribution in [0.1, 0.15) is 0 Å². The second kappa shape index (κ2) is 8.45. The van der Waals surface area contributed by atoms with Crippen molar-refractivity contribution in [2.24, 2.45) is 0 Å². The van der Waals surface area contributed by atoms with Gasteiger partial charge in [-0.25, -0.2) is 0 Å². The van der Waals surface area contributed by atoms with E-state index in [9.17, 15) is 0 Å².